The zero-order chi connectivity index (χ0) is 10.7. The Bertz CT molecular complexity index is 304. The van der Waals surface area contributed by atoms with Crippen LogP contribution in [0.15, 0.2) is 12.4 Å². The molecule has 15 heavy (non-hydrogen) atoms. The molecule has 2 rings (SSSR count). The molecule has 1 aliphatic heterocycles. The maximum Gasteiger partial charge on any atom is 0.156 e. The van der Waals surface area contributed by atoms with Crippen molar-refractivity contribution in [3.63, 3.8) is 0 Å². The number of hydrogen-bond donors (Lipinski definition) is 1. The Kier molecular flexibility index (Phi) is 3.16. The van der Waals surface area contributed by atoms with E-state index in [1.54, 1.807) is 12.4 Å². The highest BCUT2D eigenvalue weighted by Crippen LogP contribution is 2.20. The van der Waals surface area contributed by atoms with Gasteiger partial charge in [0.2, 0.25) is 0 Å². The third kappa shape index (κ3) is 2.65. The van der Waals surface area contributed by atoms with Crippen molar-refractivity contribution in [2.45, 2.75) is 38.8 Å². The number of aromatic nitrogens is 2. The molecule has 1 aromatic rings. The summed E-state index contributed by atoms with van der Waals surface area (Å²) in [5.41, 5.74) is 0. The molecule has 0 aromatic carbocycles. The van der Waals surface area contributed by atoms with Crippen molar-refractivity contribution < 1.29 is 4.74 Å². The van der Waals surface area contributed by atoms with Crippen molar-refractivity contribution >= 4 is 0 Å². The lowest BCUT2D eigenvalue weighted by molar-refractivity contribution is 0.240. The van der Waals surface area contributed by atoms with Crippen LogP contribution < -0.4 is 10.1 Å². The van der Waals surface area contributed by atoms with Gasteiger partial charge in [-0.3, -0.25) is 0 Å². The van der Waals surface area contributed by atoms with Crippen LogP contribution >= 0.6 is 0 Å². The lowest BCUT2D eigenvalue weighted by Gasteiger charge is -2.11. The van der Waals surface area contributed by atoms with Crippen molar-refractivity contribution in [2.75, 3.05) is 6.54 Å². The van der Waals surface area contributed by atoms with Crippen LogP contribution in [0.25, 0.3) is 0 Å². The largest absolute Gasteiger partial charge is 0.488 e. The molecule has 1 aromatic heterocycles. The first-order chi connectivity index (χ1) is 7.25. The third-order valence-electron chi connectivity index (χ3n) is 2.39. The highest BCUT2D eigenvalue weighted by Gasteiger charge is 2.18. The molecule has 1 N–H and O–H groups in total. The van der Waals surface area contributed by atoms with Gasteiger partial charge in [-0.05, 0) is 33.2 Å². The van der Waals surface area contributed by atoms with Crippen LogP contribution in [0.2, 0.25) is 0 Å². The second kappa shape index (κ2) is 4.57. The summed E-state index contributed by atoms with van der Waals surface area (Å²) in [6.07, 6.45) is 6.01. The first-order valence-corrected chi connectivity index (χ1v) is 5.47. The van der Waals surface area contributed by atoms with E-state index >= 15 is 0 Å². The summed E-state index contributed by atoms with van der Waals surface area (Å²) >= 11 is 0. The minimum atomic E-state index is 0.170. The van der Waals surface area contributed by atoms with Crippen LogP contribution in [-0.2, 0) is 0 Å². The van der Waals surface area contributed by atoms with Gasteiger partial charge in [0.05, 0.1) is 24.5 Å². The summed E-state index contributed by atoms with van der Waals surface area (Å²) in [5.74, 6) is 1.62. The molecule has 0 spiro atoms. The van der Waals surface area contributed by atoms with E-state index in [0.717, 1.165) is 24.5 Å². The second-order valence-electron chi connectivity index (χ2n) is 4.09. The van der Waals surface area contributed by atoms with Gasteiger partial charge in [0.15, 0.2) is 5.75 Å². The molecule has 2 heterocycles. The summed E-state index contributed by atoms with van der Waals surface area (Å²) in [4.78, 5) is 8.63. The zero-order valence-electron chi connectivity index (χ0n) is 9.23. The minimum Gasteiger partial charge on any atom is -0.488 e. The molecule has 0 amide bonds. The first kappa shape index (κ1) is 10.4. The van der Waals surface area contributed by atoms with Crippen molar-refractivity contribution in [2.24, 2.45) is 0 Å². The van der Waals surface area contributed by atoms with Crippen LogP contribution in [0.3, 0.4) is 0 Å². The second-order valence-corrected chi connectivity index (χ2v) is 4.09. The van der Waals surface area contributed by atoms with Crippen molar-refractivity contribution in [1.29, 1.82) is 0 Å². The molecule has 4 nitrogen and oxygen atoms in total. The molecule has 1 fully saturated rings. The van der Waals surface area contributed by atoms with Crippen LogP contribution in [0, 0.1) is 0 Å². The SMILES string of the molecule is CC(C)Oc1cnc(C2CCCN2)nc1. The molecule has 1 unspecified atom stereocenters. The number of nitrogens with zero attached hydrogens (tertiary/aromatic N) is 2. The Morgan fingerprint density at radius 3 is 2.67 bits per heavy atom. The normalized spacial score (nSPS) is 20.9. The van der Waals surface area contributed by atoms with Crippen LogP contribution in [0.1, 0.15) is 38.6 Å². The fourth-order valence-corrected chi connectivity index (χ4v) is 1.74. The lowest BCUT2D eigenvalue weighted by Crippen LogP contribution is -2.16. The predicted octanol–water partition coefficient (Wildman–Crippen LogP) is 1.69. The van der Waals surface area contributed by atoms with Gasteiger partial charge in [0.1, 0.15) is 5.82 Å². The van der Waals surface area contributed by atoms with Crippen LogP contribution in [0.5, 0.6) is 5.75 Å². The topological polar surface area (TPSA) is 47.0 Å². The van der Waals surface area contributed by atoms with Crippen molar-refractivity contribution in [1.82, 2.24) is 15.3 Å². The Balaban J connectivity index is 2.03. The fourth-order valence-electron chi connectivity index (χ4n) is 1.74. The van der Waals surface area contributed by atoms with E-state index in [0.29, 0.717) is 6.04 Å². The highest BCUT2D eigenvalue weighted by atomic mass is 16.5. The number of ether oxygens (including phenoxy) is 1. The molecule has 0 aliphatic carbocycles. The molecule has 0 saturated carbocycles. The first-order valence-electron chi connectivity index (χ1n) is 5.47. The third-order valence-corrected chi connectivity index (χ3v) is 2.39. The average Bonchev–Trinajstić information content (AvgIpc) is 2.71. The number of hydrogen-bond acceptors (Lipinski definition) is 4. The summed E-state index contributed by atoms with van der Waals surface area (Å²) in [6, 6.07) is 0.332. The molecule has 1 atom stereocenters. The predicted molar refractivity (Wildman–Crippen MR) is 57.8 cm³/mol. The molecule has 0 bridgehead atoms. The van der Waals surface area contributed by atoms with E-state index in [1.807, 2.05) is 13.8 Å². The standard InChI is InChI=1S/C11H17N3O/c1-8(2)15-9-6-13-11(14-7-9)10-4-3-5-12-10/h6-8,10,12H,3-5H2,1-2H3. The monoisotopic (exact) mass is 207 g/mol. The van der Waals surface area contributed by atoms with E-state index < -0.39 is 0 Å². The van der Waals surface area contributed by atoms with Gasteiger partial charge in [-0.25, -0.2) is 9.97 Å². The van der Waals surface area contributed by atoms with E-state index in [9.17, 15) is 0 Å². The maximum absolute atomic E-state index is 5.49. The van der Waals surface area contributed by atoms with Gasteiger partial charge in [0.25, 0.3) is 0 Å². The molecule has 4 heteroatoms. The maximum atomic E-state index is 5.49. The van der Waals surface area contributed by atoms with Gasteiger partial charge in [0, 0.05) is 0 Å². The minimum absolute atomic E-state index is 0.170. The Labute approximate surface area is 90.1 Å². The smallest absolute Gasteiger partial charge is 0.156 e. The fraction of sp³-hybridized carbons (Fsp3) is 0.636. The van der Waals surface area contributed by atoms with E-state index in [4.69, 9.17) is 4.74 Å². The number of rotatable bonds is 3. The van der Waals surface area contributed by atoms with Gasteiger partial charge >= 0.3 is 0 Å². The molecule has 0 radical (unpaired) electrons. The summed E-state index contributed by atoms with van der Waals surface area (Å²) in [5, 5.41) is 3.37. The molecular weight excluding hydrogens is 190 g/mol. The molecule has 82 valence electrons. The van der Waals surface area contributed by atoms with Gasteiger partial charge in [-0.15, -0.1) is 0 Å². The molecule has 1 aliphatic rings. The summed E-state index contributed by atoms with van der Waals surface area (Å²) in [7, 11) is 0. The van der Waals surface area contributed by atoms with Crippen LogP contribution in [-0.4, -0.2) is 22.6 Å². The highest BCUT2D eigenvalue weighted by molar-refractivity contribution is 5.14. The van der Waals surface area contributed by atoms with Crippen molar-refractivity contribution in [3.8, 4) is 5.75 Å². The Hall–Kier alpha value is -1.16. The zero-order valence-corrected chi connectivity index (χ0v) is 9.23. The van der Waals surface area contributed by atoms with Crippen molar-refractivity contribution in [3.05, 3.63) is 18.2 Å². The van der Waals surface area contributed by atoms with Gasteiger partial charge < -0.3 is 10.1 Å². The lowest BCUT2D eigenvalue weighted by atomic mass is 10.2. The number of nitrogens with one attached hydrogen (secondary N) is 1. The molecular formula is C11H17N3O. The van der Waals surface area contributed by atoms with Gasteiger partial charge in [-0.2, -0.15) is 0 Å². The molecule has 1 saturated heterocycles. The summed E-state index contributed by atoms with van der Waals surface area (Å²) < 4.78 is 5.49. The Morgan fingerprint density at radius 1 is 1.40 bits per heavy atom. The summed E-state index contributed by atoms with van der Waals surface area (Å²) in [6.45, 7) is 5.05. The quantitative estimate of drug-likeness (QED) is 0.819. The van der Waals surface area contributed by atoms with Gasteiger partial charge in [-0.1, -0.05) is 0 Å². The van der Waals surface area contributed by atoms with E-state index in [2.05, 4.69) is 15.3 Å². The van der Waals surface area contributed by atoms with Crippen LogP contribution in [0.4, 0.5) is 0 Å². The Morgan fingerprint density at radius 2 is 2.13 bits per heavy atom. The van der Waals surface area contributed by atoms with E-state index in [-0.39, 0.29) is 6.10 Å². The average molecular weight is 207 g/mol. The van der Waals surface area contributed by atoms with E-state index in [1.165, 1.54) is 6.42 Å².